The van der Waals surface area contributed by atoms with E-state index in [4.69, 9.17) is 14.7 Å². The van der Waals surface area contributed by atoms with Crippen molar-refractivity contribution in [2.75, 3.05) is 24.7 Å². The van der Waals surface area contributed by atoms with Crippen molar-refractivity contribution in [2.24, 2.45) is 0 Å². The largest absolute Gasteiger partial charge is 0.461 e. The lowest BCUT2D eigenvalue weighted by Crippen LogP contribution is -2.36. The van der Waals surface area contributed by atoms with Gasteiger partial charge in [-0.2, -0.15) is 23.5 Å². The van der Waals surface area contributed by atoms with Gasteiger partial charge in [-0.05, 0) is 45.6 Å². The molecule has 0 saturated carbocycles. The van der Waals surface area contributed by atoms with Crippen molar-refractivity contribution in [1.82, 2.24) is 26.3 Å². The fourth-order valence-corrected chi connectivity index (χ4v) is 9.12. The number of hydrogen-bond donors (Lipinski definition) is 5. The highest BCUT2D eigenvalue weighted by atomic mass is 32.2. The van der Waals surface area contributed by atoms with Crippen LogP contribution < -0.4 is 21.3 Å². The SMILES string of the molecule is C/C=C/C=C/CO.C/C=C/C=C/COC(=O)CCCCC1SCC2NC(=O)NC21.O=C1NC2CSC(CCCCC(=O)ON3C(=O)CCC3=O)C2N1. The molecule has 6 atom stereocenters. The molecule has 0 bridgehead atoms. The van der Waals surface area contributed by atoms with Gasteiger partial charge in [0.05, 0.1) is 30.8 Å². The molecular formula is C36H53N5O9S2. The summed E-state index contributed by atoms with van der Waals surface area (Å²) in [6.45, 7) is 4.34. The van der Waals surface area contributed by atoms with Crippen molar-refractivity contribution in [3.63, 3.8) is 0 Å². The zero-order chi connectivity index (χ0) is 37.7. The van der Waals surface area contributed by atoms with Crippen molar-refractivity contribution in [3.05, 3.63) is 48.6 Å². The highest BCUT2D eigenvalue weighted by Crippen LogP contribution is 2.34. The summed E-state index contributed by atoms with van der Waals surface area (Å²) in [5, 5.41) is 21.3. The number of fused-ring (bicyclic) bond motifs is 2. The molecule has 0 aromatic rings. The Morgan fingerprint density at radius 3 is 1.73 bits per heavy atom. The first-order valence-corrected chi connectivity index (χ1v) is 20.0. The molecular weight excluding hydrogens is 711 g/mol. The van der Waals surface area contributed by atoms with Crippen LogP contribution in [0.1, 0.15) is 78.1 Å². The molecule has 0 radical (unpaired) electrons. The lowest BCUT2D eigenvalue weighted by atomic mass is 10.0. The van der Waals surface area contributed by atoms with Crippen LogP contribution in [0.4, 0.5) is 9.59 Å². The van der Waals surface area contributed by atoms with Crippen LogP contribution in [-0.2, 0) is 28.8 Å². The number of amides is 6. The van der Waals surface area contributed by atoms with E-state index in [-0.39, 0.29) is 68.1 Å². The lowest BCUT2D eigenvalue weighted by Gasteiger charge is -2.16. The fourth-order valence-electron chi connectivity index (χ4n) is 6.03. The van der Waals surface area contributed by atoms with E-state index in [2.05, 4.69) is 21.3 Å². The van der Waals surface area contributed by atoms with Crippen LogP contribution in [0.3, 0.4) is 0 Å². The number of esters is 1. The summed E-state index contributed by atoms with van der Waals surface area (Å²) in [7, 11) is 0. The molecule has 6 unspecified atom stereocenters. The summed E-state index contributed by atoms with van der Waals surface area (Å²) in [6.07, 6.45) is 20.8. The van der Waals surface area contributed by atoms with Gasteiger partial charge < -0.3 is 35.9 Å². The van der Waals surface area contributed by atoms with Crippen molar-refractivity contribution in [3.8, 4) is 0 Å². The molecule has 14 nitrogen and oxygen atoms in total. The van der Waals surface area contributed by atoms with E-state index in [0.717, 1.165) is 43.6 Å². The van der Waals surface area contributed by atoms with E-state index >= 15 is 0 Å². The van der Waals surface area contributed by atoms with Gasteiger partial charge in [0, 0.05) is 47.7 Å². The first-order chi connectivity index (χ1) is 25.2. The molecule has 5 aliphatic rings. The van der Waals surface area contributed by atoms with Crippen LogP contribution in [-0.4, -0.2) is 105 Å². The van der Waals surface area contributed by atoms with E-state index in [0.29, 0.717) is 35.0 Å². The van der Waals surface area contributed by atoms with Crippen LogP contribution in [0.5, 0.6) is 0 Å². The average Bonchev–Trinajstić information content (AvgIpc) is 3.93. The number of rotatable bonds is 16. The Labute approximate surface area is 314 Å². The van der Waals surface area contributed by atoms with Gasteiger partial charge >= 0.3 is 24.0 Å². The summed E-state index contributed by atoms with van der Waals surface area (Å²) >= 11 is 3.74. The van der Waals surface area contributed by atoms with Crippen molar-refractivity contribution < 1.29 is 43.4 Å². The molecule has 16 heteroatoms. The van der Waals surface area contributed by atoms with Gasteiger partial charge in [0.1, 0.15) is 6.61 Å². The van der Waals surface area contributed by atoms with Gasteiger partial charge in [-0.15, -0.1) is 5.06 Å². The summed E-state index contributed by atoms with van der Waals surface area (Å²) in [6, 6.07) is 0.746. The molecule has 5 fully saturated rings. The Bertz CT molecular complexity index is 1320. The normalized spacial score (nSPS) is 26.1. The zero-order valence-electron chi connectivity index (χ0n) is 30.0. The lowest BCUT2D eigenvalue weighted by molar-refractivity contribution is -0.197. The smallest absolute Gasteiger partial charge is 0.333 e. The van der Waals surface area contributed by atoms with Gasteiger partial charge in [-0.1, -0.05) is 55.4 Å². The number of ether oxygens (including phenoxy) is 1. The standard InChI is InChI=1S/C16H24N2O3S.C14H19N3O5S.C6H10O/c1-2-3-4-7-10-21-14(19)9-6-5-8-13-15-12(11-22-13)17-16(20)18-15;18-10-5-6-11(19)17(10)22-12(20)4-2-1-3-9-13-8(7-23-9)15-14(21)16-13;1-2-3-4-5-6-7/h2-4,7,12-13,15H,5-6,8-11H2,1H3,(H2,17,18,20);8-9,13H,1-7H2,(H2,15,16,21);2-5,7H,6H2,1H3/b3-2+,7-4+;;3-2+,5-4+. The van der Waals surface area contributed by atoms with E-state index in [1.807, 2.05) is 73.8 Å². The van der Waals surface area contributed by atoms with E-state index < -0.39 is 17.8 Å². The molecule has 5 heterocycles. The molecule has 6 amide bonds. The molecule has 288 valence electrons. The summed E-state index contributed by atoms with van der Waals surface area (Å²) < 4.78 is 5.11. The molecule has 0 aromatic carbocycles. The van der Waals surface area contributed by atoms with Crippen LogP contribution in [0, 0.1) is 0 Å². The van der Waals surface area contributed by atoms with Gasteiger partial charge in [-0.3, -0.25) is 14.4 Å². The van der Waals surface area contributed by atoms with Crippen LogP contribution in [0.15, 0.2) is 48.6 Å². The molecule has 5 saturated heterocycles. The zero-order valence-corrected chi connectivity index (χ0v) is 31.6. The third-order valence-electron chi connectivity index (χ3n) is 8.64. The number of hydrogen-bond acceptors (Lipinski definition) is 11. The quantitative estimate of drug-likeness (QED) is 0.0505. The Kier molecular flexibility index (Phi) is 19.5. The maximum absolute atomic E-state index is 11.7. The van der Waals surface area contributed by atoms with Crippen LogP contribution >= 0.6 is 23.5 Å². The minimum atomic E-state index is -0.554. The minimum absolute atomic E-state index is 0.0464. The second kappa shape index (κ2) is 23.7. The topological polar surface area (TPSA) is 192 Å². The van der Waals surface area contributed by atoms with Gasteiger partial charge in [-0.25, -0.2) is 14.4 Å². The molecule has 5 N–H and O–H groups in total. The first-order valence-electron chi connectivity index (χ1n) is 17.9. The minimum Gasteiger partial charge on any atom is -0.461 e. The van der Waals surface area contributed by atoms with Gasteiger partial charge in [0.15, 0.2) is 0 Å². The number of imide groups is 1. The van der Waals surface area contributed by atoms with Crippen molar-refractivity contribution in [2.45, 2.75) is 113 Å². The van der Waals surface area contributed by atoms with E-state index in [1.54, 1.807) is 12.2 Å². The predicted molar refractivity (Wildman–Crippen MR) is 201 cm³/mol. The Morgan fingerprint density at radius 1 is 0.731 bits per heavy atom. The first kappa shape index (κ1) is 42.7. The molecule has 52 heavy (non-hydrogen) atoms. The van der Waals surface area contributed by atoms with Gasteiger partial charge in [0.2, 0.25) is 0 Å². The molecule has 0 aromatic heterocycles. The van der Waals surface area contributed by atoms with Gasteiger partial charge in [0.25, 0.3) is 11.8 Å². The number of carbonyl (C=O) groups is 6. The van der Waals surface area contributed by atoms with Crippen molar-refractivity contribution in [1.29, 1.82) is 0 Å². The molecule has 0 spiro atoms. The Hall–Kier alpha value is -3.76. The third-order valence-corrected chi connectivity index (χ3v) is 11.7. The monoisotopic (exact) mass is 763 g/mol. The predicted octanol–water partition coefficient (Wildman–Crippen LogP) is 3.82. The number of allylic oxidation sites excluding steroid dienone is 6. The molecule has 5 rings (SSSR count). The Balaban J connectivity index is 0.000000238. The highest BCUT2D eigenvalue weighted by molar-refractivity contribution is 8.00. The molecule has 5 aliphatic heterocycles. The number of urea groups is 2. The maximum atomic E-state index is 11.7. The van der Waals surface area contributed by atoms with Crippen molar-refractivity contribution >= 4 is 59.3 Å². The number of aliphatic hydroxyl groups excluding tert-OH is 1. The molecule has 0 aliphatic carbocycles. The highest BCUT2D eigenvalue weighted by Gasteiger charge is 2.43. The summed E-state index contributed by atoms with van der Waals surface area (Å²) in [5.41, 5.74) is 0. The summed E-state index contributed by atoms with van der Waals surface area (Å²) in [4.78, 5) is 73.3. The second-order valence-corrected chi connectivity index (χ2v) is 15.1. The fraction of sp³-hybridized carbons (Fsp3) is 0.611. The second-order valence-electron chi connectivity index (χ2n) is 12.6. The number of hydroxylamine groups is 2. The average molecular weight is 764 g/mol. The van der Waals surface area contributed by atoms with Crippen LogP contribution in [0.25, 0.3) is 0 Å². The number of nitrogens with one attached hydrogen (secondary N) is 4. The number of nitrogens with zero attached hydrogens (tertiary/aromatic N) is 1. The maximum Gasteiger partial charge on any atom is 0.333 e. The number of carbonyl (C=O) groups excluding carboxylic acids is 6. The number of aliphatic hydroxyl groups is 1. The number of unbranched alkanes of at least 4 members (excludes halogenated alkanes) is 2. The van der Waals surface area contributed by atoms with Crippen LogP contribution in [0.2, 0.25) is 0 Å². The van der Waals surface area contributed by atoms with E-state index in [1.165, 1.54) is 0 Å². The summed E-state index contributed by atoms with van der Waals surface area (Å²) in [5.74, 6) is 0.283. The third kappa shape index (κ3) is 14.7. The Morgan fingerprint density at radius 2 is 1.23 bits per heavy atom. The van der Waals surface area contributed by atoms with E-state index in [9.17, 15) is 28.8 Å². The number of thioether (sulfide) groups is 2.